The minimum absolute atomic E-state index is 0.0361. The summed E-state index contributed by atoms with van der Waals surface area (Å²) in [6, 6.07) is 12.2. The van der Waals surface area contributed by atoms with Crippen molar-refractivity contribution >= 4 is 23.1 Å². The van der Waals surface area contributed by atoms with Crippen LogP contribution in [-0.2, 0) is 0 Å². The quantitative estimate of drug-likeness (QED) is 0.283. The molecule has 0 unspecified atom stereocenters. The Kier molecular flexibility index (Phi) is 3.73. The number of rotatable bonds is 3. The molecule has 1 aliphatic rings. The number of ether oxygens (including phenoxy) is 2. The van der Waals surface area contributed by atoms with Gasteiger partial charge in [-0.3, -0.25) is 5.41 Å². The minimum atomic E-state index is -0.275. The average Bonchev–Trinajstić information content (AvgIpc) is 3.12. The van der Waals surface area contributed by atoms with Gasteiger partial charge in [0.1, 0.15) is 5.52 Å². The first-order valence-electron chi connectivity index (χ1n) is 7.65. The summed E-state index contributed by atoms with van der Waals surface area (Å²) in [7, 11) is 0. The van der Waals surface area contributed by atoms with E-state index in [1.807, 2.05) is 0 Å². The summed E-state index contributed by atoms with van der Waals surface area (Å²) in [6.45, 7) is 0.197. The van der Waals surface area contributed by atoms with E-state index in [9.17, 15) is 5.21 Å². The average molecular weight is 350 g/mol. The Morgan fingerprint density at radius 3 is 2.92 bits per heavy atom. The number of nitrogens with zero attached hydrogens (tertiary/aromatic N) is 4. The maximum atomic E-state index is 10.1. The third-order valence-electron chi connectivity index (χ3n) is 3.79. The topological polar surface area (TPSA) is 131 Å². The van der Waals surface area contributed by atoms with Crippen molar-refractivity contribution in [2.45, 2.75) is 0 Å². The Labute approximate surface area is 147 Å². The van der Waals surface area contributed by atoms with Gasteiger partial charge in [0.15, 0.2) is 28.5 Å². The molecule has 0 saturated carbocycles. The van der Waals surface area contributed by atoms with E-state index in [0.717, 1.165) is 5.56 Å². The van der Waals surface area contributed by atoms with Crippen LogP contribution in [0.1, 0.15) is 11.3 Å². The van der Waals surface area contributed by atoms with E-state index in [2.05, 4.69) is 15.2 Å². The highest BCUT2D eigenvalue weighted by Crippen LogP contribution is 2.31. The second-order valence-corrected chi connectivity index (χ2v) is 5.45. The number of amidine groups is 1. The van der Waals surface area contributed by atoms with Crippen LogP contribution in [-0.4, -0.2) is 33.8 Å². The lowest BCUT2D eigenvalue weighted by Crippen LogP contribution is -2.31. The molecular formula is C17H14N6O3. The molecule has 4 rings (SSSR count). The van der Waals surface area contributed by atoms with Crippen LogP contribution in [0.25, 0.3) is 11.0 Å². The van der Waals surface area contributed by atoms with Gasteiger partial charge in [-0.05, 0) is 35.9 Å². The molecule has 0 amide bonds. The monoisotopic (exact) mass is 350 g/mol. The molecule has 3 aromatic rings. The van der Waals surface area contributed by atoms with E-state index in [1.54, 1.807) is 42.5 Å². The van der Waals surface area contributed by atoms with Crippen molar-refractivity contribution in [3.05, 3.63) is 59.2 Å². The number of nitrogens with one attached hydrogen (secondary N) is 1. The predicted octanol–water partition coefficient (Wildman–Crippen LogP) is 1.22. The van der Waals surface area contributed by atoms with Gasteiger partial charge in [-0.25, -0.2) is 4.98 Å². The molecule has 0 saturated heterocycles. The van der Waals surface area contributed by atoms with Crippen LogP contribution in [0.4, 0.5) is 0 Å². The zero-order chi connectivity index (χ0) is 18.1. The van der Waals surface area contributed by atoms with Crippen LogP contribution in [0.2, 0.25) is 0 Å². The molecule has 0 atom stereocenters. The van der Waals surface area contributed by atoms with Crippen molar-refractivity contribution < 1.29 is 14.7 Å². The van der Waals surface area contributed by atoms with Crippen molar-refractivity contribution in [2.24, 2.45) is 15.9 Å². The zero-order valence-corrected chi connectivity index (χ0v) is 13.5. The summed E-state index contributed by atoms with van der Waals surface area (Å²) in [5, 5.41) is 25.9. The lowest BCUT2D eigenvalue weighted by atomic mass is 10.2. The minimum Gasteiger partial charge on any atom is -0.454 e. The van der Waals surface area contributed by atoms with Gasteiger partial charge in [-0.2, -0.15) is 9.83 Å². The van der Waals surface area contributed by atoms with Crippen LogP contribution in [0, 0.1) is 5.41 Å². The predicted molar refractivity (Wildman–Crippen MR) is 93.7 cm³/mol. The molecule has 0 aliphatic carbocycles. The third kappa shape index (κ3) is 2.71. The van der Waals surface area contributed by atoms with Crippen LogP contribution in [0.15, 0.2) is 52.7 Å². The van der Waals surface area contributed by atoms with E-state index in [-0.39, 0.29) is 23.8 Å². The van der Waals surface area contributed by atoms with Crippen LogP contribution < -0.4 is 20.7 Å². The van der Waals surface area contributed by atoms with E-state index in [1.165, 1.54) is 6.21 Å². The fourth-order valence-electron chi connectivity index (χ4n) is 2.51. The molecule has 4 N–H and O–H groups in total. The lowest BCUT2D eigenvalue weighted by molar-refractivity contribution is 0.174. The second kappa shape index (κ2) is 6.20. The Morgan fingerprint density at radius 1 is 1.23 bits per heavy atom. The van der Waals surface area contributed by atoms with Gasteiger partial charge in [0.05, 0.1) is 11.7 Å². The number of benzene rings is 2. The van der Waals surface area contributed by atoms with Crippen molar-refractivity contribution in [3.8, 4) is 11.5 Å². The van der Waals surface area contributed by atoms with Crippen molar-refractivity contribution in [2.75, 3.05) is 6.79 Å². The van der Waals surface area contributed by atoms with Crippen molar-refractivity contribution in [3.63, 3.8) is 0 Å². The normalized spacial score (nSPS) is 13.6. The molecule has 0 fully saturated rings. The van der Waals surface area contributed by atoms with E-state index in [0.29, 0.717) is 27.3 Å². The smallest absolute Gasteiger partial charge is 0.231 e. The largest absolute Gasteiger partial charge is 0.454 e. The number of nitrogens with two attached hydrogens (primary N) is 1. The van der Waals surface area contributed by atoms with E-state index < -0.39 is 0 Å². The maximum Gasteiger partial charge on any atom is 0.231 e. The SMILES string of the molecule is N=c1c(/C(N)=N\N=C\c2ccc3c(c2)OCO3)nc2ccccc2n1O. The molecule has 0 spiro atoms. The molecule has 9 heteroatoms. The van der Waals surface area contributed by atoms with Gasteiger partial charge in [-0.1, -0.05) is 12.1 Å². The maximum absolute atomic E-state index is 10.1. The number of fused-ring (bicyclic) bond motifs is 2. The molecule has 26 heavy (non-hydrogen) atoms. The number of hydrogen-bond donors (Lipinski definition) is 3. The Bertz CT molecular complexity index is 1120. The highest BCUT2D eigenvalue weighted by atomic mass is 16.7. The standard InChI is InChI=1S/C17H14N6O3/c18-16(15-17(19)23(24)12-4-2-1-3-11(12)21-15)22-20-8-10-5-6-13-14(7-10)26-9-25-13/h1-8,19,24H,9H2,(H2,18,22)/b19-17?,20-8+. The molecule has 130 valence electrons. The van der Waals surface area contributed by atoms with Gasteiger partial charge >= 0.3 is 0 Å². The van der Waals surface area contributed by atoms with Crippen LogP contribution >= 0.6 is 0 Å². The summed E-state index contributed by atoms with van der Waals surface area (Å²) in [4.78, 5) is 4.27. The first kappa shape index (κ1) is 15.6. The van der Waals surface area contributed by atoms with Gasteiger partial charge < -0.3 is 20.4 Å². The van der Waals surface area contributed by atoms with Crippen LogP contribution in [0.3, 0.4) is 0 Å². The molecule has 2 aromatic carbocycles. The molecule has 1 aromatic heterocycles. The molecule has 9 nitrogen and oxygen atoms in total. The summed E-state index contributed by atoms with van der Waals surface area (Å²) in [5.74, 6) is 1.23. The van der Waals surface area contributed by atoms with E-state index >= 15 is 0 Å². The summed E-state index contributed by atoms with van der Waals surface area (Å²) < 4.78 is 11.2. The number of aromatic nitrogens is 2. The fourth-order valence-corrected chi connectivity index (χ4v) is 2.51. The number of hydrogen-bond acceptors (Lipinski definition) is 7. The van der Waals surface area contributed by atoms with Gasteiger partial charge in [0.25, 0.3) is 0 Å². The fraction of sp³-hybridized carbons (Fsp3) is 0.0588. The highest BCUT2D eigenvalue weighted by Gasteiger charge is 2.13. The van der Waals surface area contributed by atoms with Gasteiger partial charge in [-0.15, -0.1) is 5.10 Å². The summed E-state index contributed by atoms with van der Waals surface area (Å²) in [5.41, 5.74) is 7.29. The Balaban J connectivity index is 1.65. The first-order chi connectivity index (χ1) is 12.6. The van der Waals surface area contributed by atoms with Crippen molar-refractivity contribution in [1.82, 2.24) is 9.71 Å². The highest BCUT2D eigenvalue weighted by molar-refractivity contribution is 5.97. The Hall–Kier alpha value is -3.88. The van der Waals surface area contributed by atoms with E-state index in [4.69, 9.17) is 20.6 Å². The molecule has 2 heterocycles. The molecule has 0 radical (unpaired) electrons. The third-order valence-corrected chi connectivity index (χ3v) is 3.79. The Morgan fingerprint density at radius 2 is 2.04 bits per heavy atom. The lowest BCUT2D eigenvalue weighted by Gasteiger charge is -2.06. The molecule has 0 bridgehead atoms. The molecular weight excluding hydrogens is 336 g/mol. The number of para-hydroxylation sites is 2. The summed E-state index contributed by atoms with van der Waals surface area (Å²) >= 11 is 0. The van der Waals surface area contributed by atoms with Gasteiger partial charge in [0.2, 0.25) is 6.79 Å². The van der Waals surface area contributed by atoms with Gasteiger partial charge in [0, 0.05) is 0 Å². The molecule has 1 aliphatic heterocycles. The summed E-state index contributed by atoms with van der Waals surface area (Å²) in [6.07, 6.45) is 1.49. The van der Waals surface area contributed by atoms with Crippen LogP contribution in [0.5, 0.6) is 11.5 Å². The zero-order valence-electron chi connectivity index (χ0n) is 13.5. The first-order valence-corrected chi connectivity index (χ1v) is 7.65. The van der Waals surface area contributed by atoms with Crippen molar-refractivity contribution in [1.29, 1.82) is 5.41 Å². The second-order valence-electron chi connectivity index (χ2n) is 5.45.